The van der Waals surface area contributed by atoms with Crippen LogP contribution in [0.4, 0.5) is 17.1 Å². The van der Waals surface area contributed by atoms with E-state index >= 15 is 0 Å². The Morgan fingerprint density at radius 2 is 1.82 bits per heavy atom. The second-order valence-corrected chi connectivity index (χ2v) is 5.42. The molecule has 0 saturated heterocycles. The van der Waals surface area contributed by atoms with Crippen LogP contribution in [-0.4, -0.2) is 12.0 Å². The highest BCUT2D eigenvalue weighted by Crippen LogP contribution is 2.37. The Balaban J connectivity index is 1.97. The van der Waals surface area contributed by atoms with Crippen molar-refractivity contribution in [2.24, 2.45) is 0 Å². The first-order chi connectivity index (χ1) is 10.7. The summed E-state index contributed by atoms with van der Waals surface area (Å²) in [7, 11) is 1.61. The molecule has 5 nitrogen and oxygen atoms in total. The quantitative estimate of drug-likeness (QED) is 0.678. The van der Waals surface area contributed by atoms with Crippen LogP contribution < -0.4 is 10.1 Å². The van der Waals surface area contributed by atoms with Crippen molar-refractivity contribution < 1.29 is 9.66 Å². The van der Waals surface area contributed by atoms with Crippen LogP contribution in [-0.2, 0) is 12.8 Å². The Hall–Kier alpha value is -2.56. The van der Waals surface area contributed by atoms with E-state index in [-0.39, 0.29) is 10.6 Å². The van der Waals surface area contributed by atoms with E-state index in [0.717, 1.165) is 48.2 Å². The molecule has 0 fully saturated rings. The summed E-state index contributed by atoms with van der Waals surface area (Å²) >= 11 is 0. The van der Waals surface area contributed by atoms with Crippen molar-refractivity contribution in [2.45, 2.75) is 25.7 Å². The lowest BCUT2D eigenvalue weighted by Crippen LogP contribution is -2.08. The summed E-state index contributed by atoms with van der Waals surface area (Å²) in [6, 6.07) is 11.2. The SMILES string of the molecule is COc1ccc(Nc2ccc3c(c2[N+](=O)[O-])CCCC3)cc1. The van der Waals surface area contributed by atoms with E-state index in [1.807, 2.05) is 36.4 Å². The zero-order valence-electron chi connectivity index (χ0n) is 12.5. The number of methoxy groups -OCH3 is 1. The van der Waals surface area contributed by atoms with E-state index < -0.39 is 0 Å². The molecule has 1 aliphatic rings. The molecular formula is C17H18N2O3. The first-order valence-electron chi connectivity index (χ1n) is 7.39. The van der Waals surface area contributed by atoms with Crippen molar-refractivity contribution in [3.05, 3.63) is 57.6 Å². The molecule has 0 spiro atoms. The van der Waals surface area contributed by atoms with Gasteiger partial charge in [-0.1, -0.05) is 6.07 Å². The maximum Gasteiger partial charge on any atom is 0.296 e. The normalized spacial score (nSPS) is 13.3. The predicted octanol–water partition coefficient (Wildman–Crippen LogP) is 4.23. The summed E-state index contributed by atoms with van der Waals surface area (Å²) in [4.78, 5) is 11.3. The third kappa shape index (κ3) is 2.74. The molecule has 2 aromatic carbocycles. The molecule has 0 saturated carbocycles. The summed E-state index contributed by atoms with van der Waals surface area (Å²) < 4.78 is 5.12. The van der Waals surface area contributed by atoms with Gasteiger partial charge in [-0.25, -0.2) is 0 Å². The fraction of sp³-hybridized carbons (Fsp3) is 0.294. The average molecular weight is 298 g/mol. The third-order valence-corrected chi connectivity index (χ3v) is 4.05. The van der Waals surface area contributed by atoms with Gasteiger partial charge in [0.15, 0.2) is 0 Å². The van der Waals surface area contributed by atoms with E-state index in [9.17, 15) is 10.1 Å². The predicted molar refractivity (Wildman–Crippen MR) is 86.0 cm³/mol. The van der Waals surface area contributed by atoms with Gasteiger partial charge in [0.25, 0.3) is 5.69 Å². The van der Waals surface area contributed by atoms with Crippen molar-refractivity contribution in [2.75, 3.05) is 12.4 Å². The van der Waals surface area contributed by atoms with Gasteiger partial charge >= 0.3 is 0 Å². The molecule has 0 atom stereocenters. The van der Waals surface area contributed by atoms with Gasteiger partial charge in [-0.2, -0.15) is 0 Å². The summed E-state index contributed by atoms with van der Waals surface area (Å²) in [5.74, 6) is 0.755. The molecule has 0 aromatic heterocycles. The van der Waals surface area contributed by atoms with Gasteiger partial charge in [0.1, 0.15) is 11.4 Å². The lowest BCUT2D eigenvalue weighted by molar-refractivity contribution is -0.384. The Bertz CT molecular complexity index is 696. The van der Waals surface area contributed by atoms with Crippen LogP contribution >= 0.6 is 0 Å². The van der Waals surface area contributed by atoms with Gasteiger partial charge in [0, 0.05) is 11.3 Å². The molecule has 5 heteroatoms. The van der Waals surface area contributed by atoms with Crippen molar-refractivity contribution >= 4 is 17.1 Å². The molecule has 114 valence electrons. The molecular weight excluding hydrogens is 280 g/mol. The number of nitrogens with one attached hydrogen (secondary N) is 1. The number of nitro groups is 1. The molecule has 3 rings (SSSR count). The first-order valence-corrected chi connectivity index (χ1v) is 7.39. The molecule has 1 aliphatic carbocycles. The van der Waals surface area contributed by atoms with Crippen molar-refractivity contribution in [1.82, 2.24) is 0 Å². The number of benzene rings is 2. The van der Waals surface area contributed by atoms with Crippen LogP contribution in [0.5, 0.6) is 5.75 Å². The molecule has 1 N–H and O–H groups in total. The van der Waals surface area contributed by atoms with Gasteiger partial charge in [-0.15, -0.1) is 0 Å². The zero-order chi connectivity index (χ0) is 15.5. The highest BCUT2D eigenvalue weighted by molar-refractivity contribution is 5.73. The Morgan fingerprint density at radius 3 is 2.50 bits per heavy atom. The minimum Gasteiger partial charge on any atom is -0.497 e. The number of fused-ring (bicyclic) bond motifs is 1. The molecule has 2 aromatic rings. The first kappa shape index (κ1) is 14.4. The second-order valence-electron chi connectivity index (χ2n) is 5.42. The maximum atomic E-state index is 11.5. The van der Waals surface area contributed by atoms with Crippen LogP contribution in [0.1, 0.15) is 24.0 Å². The van der Waals surface area contributed by atoms with E-state index in [1.54, 1.807) is 7.11 Å². The van der Waals surface area contributed by atoms with Gasteiger partial charge < -0.3 is 10.1 Å². The number of hydrogen-bond acceptors (Lipinski definition) is 4. The molecule has 0 aliphatic heterocycles. The summed E-state index contributed by atoms with van der Waals surface area (Å²) in [6.45, 7) is 0. The van der Waals surface area contributed by atoms with Crippen molar-refractivity contribution in [1.29, 1.82) is 0 Å². The molecule has 0 bridgehead atoms. The third-order valence-electron chi connectivity index (χ3n) is 4.05. The lowest BCUT2D eigenvalue weighted by atomic mass is 9.90. The highest BCUT2D eigenvalue weighted by atomic mass is 16.6. The van der Waals surface area contributed by atoms with Crippen LogP contribution in [0.2, 0.25) is 0 Å². The number of nitrogens with zero attached hydrogens (tertiary/aromatic N) is 1. The number of nitro benzene ring substituents is 1. The minimum absolute atomic E-state index is 0.216. The summed E-state index contributed by atoms with van der Waals surface area (Å²) in [6.07, 6.45) is 3.83. The Labute approximate surface area is 129 Å². The number of aryl methyl sites for hydroxylation is 1. The van der Waals surface area contributed by atoms with Crippen molar-refractivity contribution in [3.8, 4) is 5.75 Å². The molecule has 22 heavy (non-hydrogen) atoms. The van der Waals surface area contributed by atoms with E-state index in [1.165, 1.54) is 0 Å². The van der Waals surface area contributed by atoms with Gasteiger partial charge in [-0.3, -0.25) is 10.1 Å². The smallest absolute Gasteiger partial charge is 0.296 e. The molecule has 0 unspecified atom stereocenters. The van der Waals surface area contributed by atoms with Crippen LogP contribution in [0, 0.1) is 10.1 Å². The zero-order valence-corrected chi connectivity index (χ0v) is 12.5. The Morgan fingerprint density at radius 1 is 1.09 bits per heavy atom. The standard InChI is InChI=1S/C17H18N2O3/c1-22-14-9-7-13(8-10-14)18-16-11-6-12-4-2-3-5-15(12)17(16)19(20)21/h6-11,18H,2-5H2,1H3. The van der Waals surface area contributed by atoms with Crippen LogP contribution in [0.15, 0.2) is 36.4 Å². The van der Waals surface area contributed by atoms with Crippen molar-refractivity contribution in [3.63, 3.8) is 0 Å². The van der Waals surface area contributed by atoms with Gasteiger partial charge in [-0.05, 0) is 61.6 Å². The highest BCUT2D eigenvalue weighted by Gasteiger charge is 2.24. The van der Waals surface area contributed by atoms with Crippen LogP contribution in [0.3, 0.4) is 0 Å². The molecule has 0 heterocycles. The summed E-state index contributed by atoms with van der Waals surface area (Å²) in [5.41, 5.74) is 3.57. The van der Waals surface area contributed by atoms with E-state index in [0.29, 0.717) is 5.69 Å². The van der Waals surface area contributed by atoms with Gasteiger partial charge in [0.2, 0.25) is 0 Å². The monoisotopic (exact) mass is 298 g/mol. The molecule has 0 amide bonds. The van der Waals surface area contributed by atoms with Crippen LogP contribution in [0.25, 0.3) is 0 Å². The number of rotatable bonds is 4. The second kappa shape index (κ2) is 6.05. The Kier molecular flexibility index (Phi) is 3.96. The fourth-order valence-corrected chi connectivity index (χ4v) is 2.95. The average Bonchev–Trinajstić information content (AvgIpc) is 2.55. The topological polar surface area (TPSA) is 64.4 Å². The largest absolute Gasteiger partial charge is 0.497 e. The number of hydrogen-bond donors (Lipinski definition) is 1. The molecule has 0 radical (unpaired) electrons. The summed E-state index contributed by atoms with van der Waals surface area (Å²) in [5, 5.41) is 14.7. The number of anilines is 2. The maximum absolute atomic E-state index is 11.5. The fourth-order valence-electron chi connectivity index (χ4n) is 2.95. The van der Waals surface area contributed by atoms with E-state index in [4.69, 9.17) is 4.74 Å². The lowest BCUT2D eigenvalue weighted by Gasteiger charge is -2.18. The van der Waals surface area contributed by atoms with Gasteiger partial charge in [0.05, 0.1) is 12.0 Å². The number of ether oxygens (including phenoxy) is 1. The van der Waals surface area contributed by atoms with E-state index in [2.05, 4.69) is 5.32 Å². The minimum atomic E-state index is -0.268.